The Hall–Kier alpha value is -1.26. The molecule has 0 radical (unpaired) electrons. The second-order valence-corrected chi connectivity index (χ2v) is 11.4. The molecule has 0 saturated carbocycles. The summed E-state index contributed by atoms with van der Waals surface area (Å²) in [6, 6.07) is 3.79. The number of carbonyl (C=O) groups is 1. The van der Waals surface area contributed by atoms with Gasteiger partial charge in [-0.15, -0.1) is 0 Å². The summed E-state index contributed by atoms with van der Waals surface area (Å²) < 4.78 is 31.7. The van der Waals surface area contributed by atoms with Gasteiger partial charge >= 0.3 is 0 Å². The molecule has 0 aliphatic carbocycles. The minimum Gasteiger partial charge on any atom is -0.376 e. The lowest BCUT2D eigenvalue weighted by atomic mass is 9.96. The van der Waals surface area contributed by atoms with Crippen molar-refractivity contribution in [3.63, 3.8) is 0 Å². The van der Waals surface area contributed by atoms with Crippen molar-refractivity contribution in [3.8, 4) is 0 Å². The Morgan fingerprint density at radius 3 is 2.67 bits per heavy atom. The van der Waals surface area contributed by atoms with Crippen LogP contribution in [0.4, 0.5) is 5.13 Å². The average Bonchev–Trinajstić information content (AvgIpc) is 3.38. The van der Waals surface area contributed by atoms with Crippen LogP contribution >= 0.6 is 22.9 Å². The van der Waals surface area contributed by atoms with Gasteiger partial charge in [0.2, 0.25) is 15.9 Å². The van der Waals surface area contributed by atoms with Gasteiger partial charge < -0.3 is 4.74 Å². The number of piperidine rings is 1. The van der Waals surface area contributed by atoms with Gasteiger partial charge in [0.25, 0.3) is 0 Å². The maximum atomic E-state index is 13.5. The number of anilines is 1. The molecule has 2 aliphatic heterocycles. The number of nitrogens with zero attached hydrogens (tertiary/aromatic N) is 3. The van der Waals surface area contributed by atoms with E-state index in [0.717, 1.165) is 28.6 Å². The Balaban J connectivity index is 1.61. The second-order valence-electron chi connectivity index (χ2n) is 8.06. The lowest BCUT2D eigenvalue weighted by molar-refractivity contribution is -0.123. The minimum atomic E-state index is -3.23. The Labute approximate surface area is 186 Å². The third-order valence-electron chi connectivity index (χ3n) is 5.87. The standard InChI is InChI=1S/C20H26ClN3O4S2/c1-13-5-6-16(21)18-17(13)22-20(29-18)24(12-15-4-3-11-28-15)19(25)14-7-9-23(10-8-14)30(2,26)27/h5-6,14-15H,3-4,7-12H2,1-2H3. The quantitative estimate of drug-likeness (QED) is 0.667. The highest BCUT2D eigenvalue weighted by Gasteiger charge is 2.34. The van der Waals surface area contributed by atoms with Crippen molar-refractivity contribution < 1.29 is 17.9 Å². The summed E-state index contributed by atoms with van der Waals surface area (Å²) in [6.45, 7) is 3.89. The Morgan fingerprint density at radius 1 is 1.33 bits per heavy atom. The van der Waals surface area contributed by atoms with Crippen LogP contribution in [-0.4, -0.2) is 62.2 Å². The highest BCUT2D eigenvalue weighted by Crippen LogP contribution is 2.37. The number of amides is 1. The molecule has 0 bridgehead atoms. The first kappa shape index (κ1) is 22.0. The first-order chi connectivity index (χ1) is 14.2. The second kappa shape index (κ2) is 8.70. The van der Waals surface area contributed by atoms with E-state index < -0.39 is 10.0 Å². The summed E-state index contributed by atoms with van der Waals surface area (Å²) in [5, 5.41) is 1.26. The van der Waals surface area contributed by atoms with Gasteiger partial charge in [-0.05, 0) is 44.2 Å². The molecule has 30 heavy (non-hydrogen) atoms. The molecular formula is C20H26ClN3O4S2. The van der Waals surface area contributed by atoms with Crippen molar-refractivity contribution in [1.82, 2.24) is 9.29 Å². The summed E-state index contributed by atoms with van der Waals surface area (Å²) in [5.41, 5.74) is 1.84. The Bertz CT molecular complexity index is 1000. The first-order valence-electron chi connectivity index (χ1n) is 10.2. The fourth-order valence-electron chi connectivity index (χ4n) is 4.12. The summed E-state index contributed by atoms with van der Waals surface area (Å²) >= 11 is 7.81. The fourth-order valence-corrected chi connectivity index (χ4v) is 6.32. The Kier molecular flexibility index (Phi) is 6.37. The summed E-state index contributed by atoms with van der Waals surface area (Å²) in [5.74, 6) is -0.237. The van der Waals surface area contributed by atoms with E-state index in [1.807, 2.05) is 19.1 Å². The molecule has 0 spiro atoms. The van der Waals surface area contributed by atoms with Gasteiger partial charge in [0.15, 0.2) is 5.13 Å². The van der Waals surface area contributed by atoms with Gasteiger partial charge in [0.1, 0.15) is 0 Å². The zero-order valence-electron chi connectivity index (χ0n) is 17.1. The van der Waals surface area contributed by atoms with Crippen LogP contribution in [0.1, 0.15) is 31.2 Å². The highest BCUT2D eigenvalue weighted by atomic mass is 35.5. The lowest BCUT2D eigenvalue weighted by Crippen LogP contribution is -2.46. The molecule has 2 aromatic rings. The number of aromatic nitrogens is 1. The number of ether oxygens (including phenoxy) is 1. The third kappa shape index (κ3) is 4.50. The number of sulfonamides is 1. The monoisotopic (exact) mass is 471 g/mol. The maximum Gasteiger partial charge on any atom is 0.232 e. The van der Waals surface area contributed by atoms with E-state index in [2.05, 4.69) is 0 Å². The van der Waals surface area contributed by atoms with Gasteiger partial charge in [-0.25, -0.2) is 17.7 Å². The largest absolute Gasteiger partial charge is 0.376 e. The molecule has 2 fully saturated rings. The molecule has 7 nitrogen and oxygen atoms in total. The van der Waals surface area contributed by atoms with Gasteiger partial charge in [-0.2, -0.15) is 0 Å². The topological polar surface area (TPSA) is 79.8 Å². The molecule has 4 rings (SSSR count). The van der Waals surface area contributed by atoms with E-state index in [1.54, 1.807) is 4.90 Å². The molecule has 164 valence electrons. The maximum absolute atomic E-state index is 13.5. The number of hydrogen-bond acceptors (Lipinski definition) is 6. The van der Waals surface area contributed by atoms with E-state index in [0.29, 0.717) is 49.2 Å². The number of hydrogen-bond donors (Lipinski definition) is 0. The van der Waals surface area contributed by atoms with Crippen molar-refractivity contribution in [3.05, 3.63) is 22.7 Å². The number of halogens is 1. The van der Waals surface area contributed by atoms with Gasteiger partial charge in [0.05, 0.1) is 34.1 Å². The third-order valence-corrected chi connectivity index (χ3v) is 8.71. The van der Waals surface area contributed by atoms with Crippen molar-refractivity contribution in [2.24, 2.45) is 5.92 Å². The van der Waals surface area contributed by atoms with Crippen LogP contribution in [-0.2, 0) is 19.6 Å². The molecule has 0 N–H and O–H groups in total. The van der Waals surface area contributed by atoms with Gasteiger partial charge in [0, 0.05) is 25.6 Å². The number of carbonyl (C=O) groups excluding carboxylic acids is 1. The fraction of sp³-hybridized carbons (Fsp3) is 0.600. The van der Waals surface area contributed by atoms with Crippen LogP contribution in [0.25, 0.3) is 10.2 Å². The molecule has 1 atom stereocenters. The zero-order valence-corrected chi connectivity index (χ0v) is 19.5. The predicted molar refractivity (Wildman–Crippen MR) is 120 cm³/mol. The Morgan fingerprint density at radius 2 is 2.07 bits per heavy atom. The number of benzene rings is 1. The van der Waals surface area contributed by atoms with Gasteiger partial charge in [-0.3, -0.25) is 9.69 Å². The van der Waals surface area contributed by atoms with E-state index in [-0.39, 0.29) is 17.9 Å². The van der Waals surface area contributed by atoms with E-state index in [4.69, 9.17) is 21.3 Å². The van der Waals surface area contributed by atoms with Crippen LogP contribution in [0, 0.1) is 12.8 Å². The molecule has 1 aromatic heterocycles. The normalized spacial score (nSPS) is 21.4. The molecular weight excluding hydrogens is 446 g/mol. The van der Waals surface area contributed by atoms with Crippen molar-refractivity contribution in [2.45, 2.75) is 38.7 Å². The van der Waals surface area contributed by atoms with Crippen LogP contribution in [0.5, 0.6) is 0 Å². The number of aryl methyl sites for hydroxylation is 1. The van der Waals surface area contributed by atoms with E-state index >= 15 is 0 Å². The summed E-state index contributed by atoms with van der Waals surface area (Å²) in [7, 11) is -3.23. The molecule has 2 saturated heterocycles. The van der Waals surface area contributed by atoms with E-state index in [9.17, 15) is 13.2 Å². The number of thiazole rings is 1. The first-order valence-corrected chi connectivity index (χ1v) is 13.2. The molecule has 1 aromatic carbocycles. The van der Waals surface area contributed by atoms with Crippen LogP contribution in [0.15, 0.2) is 12.1 Å². The number of rotatable bonds is 5. The van der Waals surface area contributed by atoms with Crippen molar-refractivity contribution in [2.75, 3.05) is 37.4 Å². The summed E-state index contributed by atoms with van der Waals surface area (Å²) in [4.78, 5) is 20.0. The minimum absolute atomic E-state index is 0.00589. The average molecular weight is 472 g/mol. The summed E-state index contributed by atoms with van der Waals surface area (Å²) in [6.07, 6.45) is 4.14. The molecule has 1 amide bonds. The van der Waals surface area contributed by atoms with Crippen LogP contribution in [0.3, 0.4) is 0 Å². The van der Waals surface area contributed by atoms with Crippen molar-refractivity contribution >= 4 is 54.2 Å². The highest BCUT2D eigenvalue weighted by molar-refractivity contribution is 7.88. The lowest BCUT2D eigenvalue weighted by Gasteiger charge is -2.33. The van der Waals surface area contributed by atoms with E-state index in [1.165, 1.54) is 21.9 Å². The predicted octanol–water partition coefficient (Wildman–Crippen LogP) is 3.44. The molecule has 2 aliphatic rings. The smallest absolute Gasteiger partial charge is 0.232 e. The zero-order chi connectivity index (χ0) is 21.5. The number of fused-ring (bicyclic) bond motifs is 1. The molecule has 3 heterocycles. The molecule has 10 heteroatoms. The van der Waals surface area contributed by atoms with Crippen molar-refractivity contribution in [1.29, 1.82) is 0 Å². The van der Waals surface area contributed by atoms with Crippen LogP contribution in [0.2, 0.25) is 5.02 Å². The van der Waals surface area contributed by atoms with Gasteiger partial charge in [-0.1, -0.05) is 29.0 Å². The SMILES string of the molecule is Cc1ccc(Cl)c2sc(N(CC3CCCO3)C(=O)C3CCN(S(C)(=O)=O)CC3)nc12. The molecule has 1 unspecified atom stereocenters. The van der Waals surface area contributed by atoms with Crippen LogP contribution < -0.4 is 4.90 Å².